The molecule has 0 radical (unpaired) electrons. The van der Waals surface area contributed by atoms with Crippen LogP contribution >= 0.6 is 11.5 Å². The first-order valence-corrected chi connectivity index (χ1v) is 12.3. The summed E-state index contributed by atoms with van der Waals surface area (Å²) >= 11 is 1.35. The van der Waals surface area contributed by atoms with Crippen LogP contribution in [-0.4, -0.2) is 22.2 Å². The fourth-order valence-electron chi connectivity index (χ4n) is 4.14. The number of hydrogen-bond acceptors (Lipinski definition) is 6. The molecule has 1 fully saturated rings. The van der Waals surface area contributed by atoms with Gasteiger partial charge in [-0.15, -0.1) is 5.41 Å². The number of benzene rings is 3. The van der Waals surface area contributed by atoms with E-state index in [4.69, 9.17) is 4.74 Å². The number of carbonyl (C=O) groups is 1. The Morgan fingerprint density at radius 2 is 1.57 bits per heavy atom. The number of anilines is 1. The molecule has 0 bridgehead atoms. The molecule has 0 atom stereocenters. The molecule has 3 aromatic carbocycles. The first kappa shape index (κ1) is 28.8. The maximum Gasteiger partial charge on any atom is 1.00 e. The van der Waals surface area contributed by atoms with E-state index in [1.165, 1.54) is 11.5 Å². The summed E-state index contributed by atoms with van der Waals surface area (Å²) in [6.07, 6.45) is 3.46. The van der Waals surface area contributed by atoms with Gasteiger partial charge in [-0.3, -0.25) is 11.6 Å². The van der Waals surface area contributed by atoms with Gasteiger partial charge in [0.2, 0.25) is 0 Å². The summed E-state index contributed by atoms with van der Waals surface area (Å²) in [5.74, 6) is 0. The number of nitrogens with zero attached hydrogens (tertiary/aromatic N) is 1. The van der Waals surface area contributed by atoms with Crippen LogP contribution in [0.4, 0.5) is 10.5 Å². The van der Waals surface area contributed by atoms with E-state index in [2.05, 4.69) is 40.2 Å². The van der Waals surface area contributed by atoms with Crippen molar-refractivity contribution in [2.24, 2.45) is 0 Å². The molecule has 1 saturated carbocycles. The Morgan fingerprint density at radius 3 is 2.16 bits per heavy atom. The van der Waals surface area contributed by atoms with Crippen LogP contribution in [-0.2, 0) is 21.6 Å². The zero-order chi connectivity index (χ0) is 24.4. The first-order chi connectivity index (χ1) is 17.0. The normalized spacial score (nSPS) is 13.0. The molecule has 4 aromatic rings. The van der Waals surface area contributed by atoms with E-state index in [1.54, 1.807) is 0 Å². The molecule has 1 amide bonds. The predicted octanol–water partition coefficient (Wildman–Crippen LogP) is 3.81. The van der Waals surface area contributed by atoms with Crippen LogP contribution in [0.25, 0.3) is 21.6 Å². The second-order valence-electron chi connectivity index (χ2n) is 8.94. The molecule has 6 nitrogen and oxygen atoms in total. The minimum absolute atomic E-state index is 0. The molecule has 1 aliphatic rings. The van der Waals surface area contributed by atoms with Crippen molar-refractivity contribution in [3.63, 3.8) is 0 Å². The maximum atomic E-state index is 12.5. The predicted molar refractivity (Wildman–Crippen MR) is 141 cm³/mol. The van der Waals surface area contributed by atoms with Gasteiger partial charge in [-0.1, -0.05) is 91.2 Å². The standard InChI is InChI=1S/C29H25N2O3S.Na.H2O/c1-19-5-3-4-6-24(19)17-34-28(33)30-26-20(2)31-35-27(26)23-9-7-21(8-10-23)22-11-13-25(14-12-22)29(18-32)15-16-29;;/h3-14H,15-17H2,1-2H3,(H,30,33);;1H2/q-1;+1;/p-1. The van der Waals surface area contributed by atoms with Gasteiger partial charge < -0.3 is 15.0 Å². The van der Waals surface area contributed by atoms with E-state index in [1.807, 2.05) is 62.4 Å². The molecule has 5 rings (SSSR count). The first-order valence-electron chi connectivity index (χ1n) is 11.5. The molecule has 2 N–H and O–H groups in total. The zero-order valence-electron chi connectivity index (χ0n) is 21.1. The molecular weight excluding hydrogens is 495 g/mol. The molecule has 1 heterocycles. The van der Waals surface area contributed by atoms with Gasteiger partial charge >= 0.3 is 35.7 Å². The smallest absolute Gasteiger partial charge is 0.870 e. The van der Waals surface area contributed by atoms with Crippen molar-refractivity contribution in [1.82, 2.24) is 4.37 Å². The topological polar surface area (TPSA) is 98.3 Å². The quantitative estimate of drug-likeness (QED) is 0.295. The van der Waals surface area contributed by atoms with Gasteiger partial charge in [-0.05, 0) is 53.2 Å². The molecule has 0 unspecified atom stereocenters. The fourth-order valence-corrected chi connectivity index (χ4v) is 4.99. The summed E-state index contributed by atoms with van der Waals surface area (Å²) in [7, 11) is 0. The van der Waals surface area contributed by atoms with Crippen LogP contribution in [0.15, 0.2) is 72.8 Å². The molecule has 0 saturated heterocycles. The molecule has 1 aromatic heterocycles. The second-order valence-corrected chi connectivity index (χ2v) is 9.71. The number of aromatic nitrogens is 1. The number of carbonyl (C=O) groups excluding carboxylic acids is 2. The third-order valence-corrected chi connectivity index (χ3v) is 7.56. The van der Waals surface area contributed by atoms with E-state index >= 15 is 0 Å². The fraction of sp³-hybridized carbons (Fsp3) is 0.207. The van der Waals surface area contributed by atoms with Crippen molar-refractivity contribution in [2.45, 2.75) is 38.7 Å². The molecule has 8 heteroatoms. The minimum Gasteiger partial charge on any atom is -0.870 e. The van der Waals surface area contributed by atoms with Gasteiger partial charge in [0.15, 0.2) is 0 Å². The summed E-state index contributed by atoms with van der Waals surface area (Å²) in [5, 5.41) is 2.88. The van der Waals surface area contributed by atoms with Crippen molar-refractivity contribution in [1.29, 1.82) is 0 Å². The Hall–Kier alpha value is -2.81. The van der Waals surface area contributed by atoms with Crippen molar-refractivity contribution >= 4 is 29.6 Å². The summed E-state index contributed by atoms with van der Waals surface area (Å²) in [5.41, 5.74) is 7.27. The number of hydrogen-bond donors (Lipinski definition) is 1. The van der Waals surface area contributed by atoms with Gasteiger partial charge in [0.1, 0.15) is 6.61 Å². The summed E-state index contributed by atoms with van der Waals surface area (Å²) in [6.45, 7) is 4.08. The number of rotatable bonds is 7. The van der Waals surface area contributed by atoms with E-state index in [-0.39, 0.29) is 47.1 Å². The largest absolute Gasteiger partial charge is 1.00 e. The molecule has 37 heavy (non-hydrogen) atoms. The minimum atomic E-state index is -0.504. The monoisotopic (exact) mass is 521 g/mol. The molecule has 184 valence electrons. The van der Waals surface area contributed by atoms with Crippen molar-refractivity contribution in [3.8, 4) is 21.6 Å². The van der Waals surface area contributed by atoms with Crippen LogP contribution < -0.4 is 34.9 Å². The Morgan fingerprint density at radius 1 is 0.973 bits per heavy atom. The van der Waals surface area contributed by atoms with Gasteiger partial charge in [-0.25, -0.2) is 4.79 Å². The van der Waals surface area contributed by atoms with Gasteiger partial charge in [-0.2, -0.15) is 4.37 Å². The molecule has 0 aliphatic heterocycles. The maximum absolute atomic E-state index is 12.5. The summed E-state index contributed by atoms with van der Waals surface area (Å²) in [4.78, 5) is 24.7. The summed E-state index contributed by atoms with van der Waals surface area (Å²) in [6, 6.07) is 24.2. The van der Waals surface area contributed by atoms with E-state index in [9.17, 15) is 9.59 Å². The van der Waals surface area contributed by atoms with Gasteiger partial charge in [0, 0.05) is 0 Å². The van der Waals surface area contributed by atoms with Crippen molar-refractivity contribution < 1.29 is 49.4 Å². The zero-order valence-corrected chi connectivity index (χ0v) is 23.9. The SMILES string of the molecule is Cc1ccccc1COC(=O)Nc1c(C)nsc1-c1ccc(-c2ccc(C3([C-]=O)CC3)cc2)cc1.[Na+].[OH-]. The number of aryl methyl sites for hydroxylation is 2. The Bertz CT molecular complexity index is 1380. The van der Waals surface area contributed by atoms with E-state index in [0.717, 1.165) is 56.8 Å². The molecule has 0 spiro atoms. The average Bonchev–Trinajstić information content (AvgIpc) is 3.62. The molecular formula is C29H26N2NaO4S-. The van der Waals surface area contributed by atoms with Gasteiger partial charge in [0.05, 0.1) is 16.3 Å². The Kier molecular flexibility index (Phi) is 9.45. The Balaban J connectivity index is 0.00000190. The average molecular weight is 522 g/mol. The van der Waals surface area contributed by atoms with Crippen molar-refractivity contribution in [3.05, 3.63) is 95.2 Å². The van der Waals surface area contributed by atoms with E-state index < -0.39 is 6.09 Å². The van der Waals surface area contributed by atoms with E-state index in [0.29, 0.717) is 5.69 Å². The third kappa shape index (κ3) is 6.20. The summed E-state index contributed by atoms with van der Waals surface area (Å²) < 4.78 is 9.90. The number of amides is 1. The van der Waals surface area contributed by atoms with Crippen LogP contribution in [0.1, 0.15) is 35.2 Å². The molecule has 1 aliphatic carbocycles. The van der Waals surface area contributed by atoms with Crippen molar-refractivity contribution in [2.75, 3.05) is 5.32 Å². The number of nitrogens with one attached hydrogen (secondary N) is 1. The van der Waals surface area contributed by atoms with Crippen LogP contribution in [0.3, 0.4) is 0 Å². The Labute approximate surface area is 242 Å². The van der Waals surface area contributed by atoms with Gasteiger partial charge in [0.25, 0.3) is 0 Å². The third-order valence-electron chi connectivity index (χ3n) is 6.57. The van der Waals surface area contributed by atoms with Crippen LogP contribution in [0, 0.1) is 13.8 Å². The van der Waals surface area contributed by atoms with Crippen LogP contribution in [0.2, 0.25) is 0 Å². The number of ether oxygens (including phenoxy) is 1. The second kappa shape index (κ2) is 12.2. The van der Waals surface area contributed by atoms with Crippen LogP contribution in [0.5, 0.6) is 0 Å².